The fourth-order valence-electron chi connectivity index (χ4n) is 2.32. The van der Waals surface area contributed by atoms with Crippen LogP contribution >= 0.6 is 11.6 Å². The van der Waals surface area contributed by atoms with Crippen molar-refractivity contribution in [1.29, 1.82) is 0 Å². The Balaban J connectivity index is 1.49. The molecule has 0 aliphatic heterocycles. The number of fused-ring (bicyclic) bond motifs is 1. The molecule has 0 aliphatic carbocycles. The molecule has 1 aromatic carbocycles. The number of benzene rings is 1. The molecule has 124 valence electrons. The van der Waals surface area contributed by atoms with E-state index in [1.807, 2.05) is 18.2 Å². The number of nitrogens with one attached hydrogen (secondary N) is 2. The monoisotopic (exact) mass is 352 g/mol. The highest BCUT2D eigenvalue weighted by Crippen LogP contribution is 2.30. The van der Waals surface area contributed by atoms with E-state index in [4.69, 9.17) is 16.3 Å². The molecule has 8 heteroatoms. The average Bonchev–Trinajstić information content (AvgIpc) is 3.05. The molecule has 25 heavy (non-hydrogen) atoms. The first-order chi connectivity index (χ1) is 12.3. The molecule has 3 aromatic heterocycles. The van der Waals surface area contributed by atoms with Crippen LogP contribution in [0.1, 0.15) is 5.82 Å². The number of H-pyrrole nitrogens is 1. The van der Waals surface area contributed by atoms with Gasteiger partial charge in [0.2, 0.25) is 0 Å². The second-order valence-corrected chi connectivity index (χ2v) is 5.60. The molecule has 0 atom stereocenters. The second-order valence-electron chi connectivity index (χ2n) is 5.20. The minimum Gasteiger partial charge on any atom is -0.484 e. The van der Waals surface area contributed by atoms with Crippen LogP contribution in [0.2, 0.25) is 5.02 Å². The van der Waals surface area contributed by atoms with Gasteiger partial charge in [0, 0.05) is 24.3 Å². The van der Waals surface area contributed by atoms with Crippen LogP contribution in [0.4, 0.5) is 11.5 Å². The average molecular weight is 353 g/mol. The summed E-state index contributed by atoms with van der Waals surface area (Å²) < 4.78 is 5.66. The first-order valence-electron chi connectivity index (χ1n) is 7.54. The van der Waals surface area contributed by atoms with Crippen molar-refractivity contribution in [2.45, 2.75) is 6.61 Å². The van der Waals surface area contributed by atoms with Gasteiger partial charge < -0.3 is 10.1 Å². The third kappa shape index (κ3) is 3.36. The van der Waals surface area contributed by atoms with Gasteiger partial charge in [0.15, 0.2) is 11.6 Å². The minimum absolute atomic E-state index is 0.251. The van der Waals surface area contributed by atoms with E-state index < -0.39 is 0 Å². The van der Waals surface area contributed by atoms with Gasteiger partial charge in [-0.2, -0.15) is 5.10 Å². The third-order valence-corrected chi connectivity index (χ3v) is 3.79. The molecule has 0 spiro atoms. The van der Waals surface area contributed by atoms with Crippen molar-refractivity contribution >= 4 is 34.1 Å². The summed E-state index contributed by atoms with van der Waals surface area (Å²) in [5.41, 5.74) is 2.41. The number of halogens is 1. The summed E-state index contributed by atoms with van der Waals surface area (Å²) in [4.78, 5) is 12.5. The van der Waals surface area contributed by atoms with E-state index in [9.17, 15) is 0 Å². The number of aromatic amines is 1. The molecule has 4 rings (SSSR count). The van der Waals surface area contributed by atoms with Gasteiger partial charge in [0.05, 0.1) is 10.5 Å². The quantitative estimate of drug-likeness (QED) is 0.569. The highest BCUT2D eigenvalue weighted by atomic mass is 35.5. The van der Waals surface area contributed by atoms with Crippen LogP contribution in [0.5, 0.6) is 5.75 Å². The number of pyridine rings is 1. The maximum Gasteiger partial charge on any atom is 0.178 e. The van der Waals surface area contributed by atoms with Crippen molar-refractivity contribution in [3.63, 3.8) is 0 Å². The predicted molar refractivity (Wildman–Crippen MR) is 95.0 cm³/mol. The SMILES string of the molecule is Clc1cc(Nc2n[nH]c3cccnc23)ccc1OCc1ncccn1. The molecular weight excluding hydrogens is 340 g/mol. The lowest BCUT2D eigenvalue weighted by Gasteiger charge is -2.09. The van der Waals surface area contributed by atoms with Gasteiger partial charge in [0.1, 0.15) is 17.9 Å². The van der Waals surface area contributed by atoms with Gasteiger partial charge >= 0.3 is 0 Å². The molecule has 4 aromatic rings. The van der Waals surface area contributed by atoms with Crippen LogP contribution in [-0.2, 0) is 6.61 Å². The molecule has 0 fully saturated rings. The molecule has 0 bridgehead atoms. The van der Waals surface area contributed by atoms with Crippen LogP contribution in [0, 0.1) is 0 Å². The first kappa shape index (κ1) is 15.3. The molecule has 0 saturated carbocycles. The topological polar surface area (TPSA) is 88.6 Å². The number of rotatable bonds is 5. The Hall–Kier alpha value is -3.19. The van der Waals surface area contributed by atoms with E-state index in [1.165, 1.54) is 0 Å². The van der Waals surface area contributed by atoms with Crippen LogP contribution in [0.25, 0.3) is 11.0 Å². The van der Waals surface area contributed by atoms with Gasteiger partial charge in [-0.1, -0.05) is 11.6 Å². The normalized spacial score (nSPS) is 10.8. The predicted octanol–water partition coefficient (Wildman–Crippen LogP) is 3.72. The van der Waals surface area contributed by atoms with E-state index in [1.54, 1.807) is 36.8 Å². The van der Waals surface area contributed by atoms with E-state index in [-0.39, 0.29) is 6.61 Å². The Labute approximate surface area is 148 Å². The standard InChI is InChI=1S/C17H13ClN6O/c18-12-9-11(22-17-16-13(23-24-17)3-1-6-21-16)4-5-14(12)25-10-15-19-7-2-8-20-15/h1-9H,10H2,(H2,22,23,24). The molecule has 0 aliphatic rings. The Morgan fingerprint density at radius 3 is 2.72 bits per heavy atom. The lowest BCUT2D eigenvalue weighted by atomic mass is 10.3. The van der Waals surface area contributed by atoms with Gasteiger partial charge in [0.25, 0.3) is 0 Å². The third-order valence-electron chi connectivity index (χ3n) is 3.49. The smallest absolute Gasteiger partial charge is 0.178 e. The van der Waals surface area contributed by atoms with Crippen molar-refractivity contribution in [2.75, 3.05) is 5.32 Å². The maximum atomic E-state index is 6.30. The highest BCUT2D eigenvalue weighted by Gasteiger charge is 2.09. The van der Waals surface area contributed by atoms with E-state index in [0.29, 0.717) is 22.4 Å². The number of nitrogens with zero attached hydrogens (tertiary/aromatic N) is 4. The zero-order valence-electron chi connectivity index (χ0n) is 13.0. The molecule has 0 saturated heterocycles. The highest BCUT2D eigenvalue weighted by molar-refractivity contribution is 6.32. The van der Waals surface area contributed by atoms with E-state index in [2.05, 4.69) is 30.5 Å². The first-order valence-corrected chi connectivity index (χ1v) is 7.92. The molecule has 3 heterocycles. The van der Waals surface area contributed by atoms with Crippen molar-refractivity contribution in [3.05, 3.63) is 65.8 Å². The largest absolute Gasteiger partial charge is 0.484 e. The van der Waals surface area contributed by atoms with Crippen LogP contribution < -0.4 is 10.1 Å². The number of hydrogen-bond donors (Lipinski definition) is 2. The lowest BCUT2D eigenvalue weighted by Crippen LogP contribution is -2.01. The summed E-state index contributed by atoms with van der Waals surface area (Å²) in [5.74, 6) is 1.79. The molecule has 0 radical (unpaired) electrons. The molecular formula is C17H13ClN6O. The van der Waals surface area contributed by atoms with Crippen LogP contribution in [0.15, 0.2) is 55.0 Å². The fourth-order valence-corrected chi connectivity index (χ4v) is 2.55. The molecule has 7 nitrogen and oxygen atoms in total. The second kappa shape index (κ2) is 6.74. The summed E-state index contributed by atoms with van der Waals surface area (Å²) in [6.45, 7) is 0.251. The van der Waals surface area contributed by atoms with E-state index >= 15 is 0 Å². The van der Waals surface area contributed by atoms with Crippen LogP contribution in [-0.4, -0.2) is 25.1 Å². The molecule has 2 N–H and O–H groups in total. The number of anilines is 2. The Morgan fingerprint density at radius 2 is 1.88 bits per heavy atom. The van der Waals surface area contributed by atoms with Crippen molar-refractivity contribution in [1.82, 2.24) is 25.1 Å². The van der Waals surface area contributed by atoms with Crippen molar-refractivity contribution in [2.24, 2.45) is 0 Å². The summed E-state index contributed by atoms with van der Waals surface area (Å²) in [5, 5.41) is 10.8. The van der Waals surface area contributed by atoms with Crippen LogP contribution in [0.3, 0.4) is 0 Å². The Bertz CT molecular complexity index is 1000. The van der Waals surface area contributed by atoms with E-state index in [0.717, 1.165) is 16.7 Å². The summed E-state index contributed by atoms with van der Waals surface area (Å²) in [7, 11) is 0. The Kier molecular flexibility index (Phi) is 4.14. The molecule has 0 amide bonds. The zero-order valence-corrected chi connectivity index (χ0v) is 13.7. The van der Waals surface area contributed by atoms with Crippen molar-refractivity contribution in [3.8, 4) is 5.75 Å². The summed E-state index contributed by atoms with van der Waals surface area (Å²) in [6.07, 6.45) is 5.06. The van der Waals surface area contributed by atoms with Gasteiger partial charge in [-0.05, 0) is 36.4 Å². The Morgan fingerprint density at radius 1 is 1.04 bits per heavy atom. The summed E-state index contributed by atoms with van der Waals surface area (Å²) >= 11 is 6.30. The molecule has 0 unspecified atom stereocenters. The maximum absolute atomic E-state index is 6.30. The number of ether oxygens (including phenoxy) is 1. The van der Waals surface area contributed by atoms with Crippen molar-refractivity contribution < 1.29 is 4.74 Å². The zero-order chi connectivity index (χ0) is 17.1. The summed E-state index contributed by atoms with van der Waals surface area (Å²) in [6, 6.07) is 10.9. The number of hydrogen-bond acceptors (Lipinski definition) is 6. The number of aromatic nitrogens is 5. The van der Waals surface area contributed by atoms with Gasteiger partial charge in [-0.25, -0.2) is 9.97 Å². The van der Waals surface area contributed by atoms with Gasteiger partial charge in [-0.3, -0.25) is 10.1 Å². The fraction of sp³-hybridized carbons (Fsp3) is 0.0588. The minimum atomic E-state index is 0.251. The van der Waals surface area contributed by atoms with Gasteiger partial charge in [-0.15, -0.1) is 0 Å². The lowest BCUT2D eigenvalue weighted by molar-refractivity contribution is 0.296.